The summed E-state index contributed by atoms with van der Waals surface area (Å²) in [5.41, 5.74) is 1.50. The normalized spacial score (nSPS) is 10.2. The number of aromatic nitrogens is 1. The molecule has 0 aliphatic heterocycles. The fourth-order valence-corrected chi connectivity index (χ4v) is 2.55. The summed E-state index contributed by atoms with van der Waals surface area (Å²) in [4.78, 5) is 41.9. The van der Waals surface area contributed by atoms with E-state index in [1.807, 2.05) is 19.9 Å². The van der Waals surface area contributed by atoms with Gasteiger partial charge in [0, 0.05) is 31.6 Å². The average Bonchev–Trinajstić information content (AvgIpc) is 2.66. The topological polar surface area (TPSA) is 88.6 Å². The molecule has 7 heteroatoms. The first-order chi connectivity index (χ1) is 13.4. The number of nitrogens with one attached hydrogen (secondary N) is 1. The van der Waals surface area contributed by atoms with Gasteiger partial charge in [0.05, 0.1) is 13.2 Å². The molecule has 7 nitrogen and oxygen atoms in total. The molecule has 0 saturated carbocycles. The van der Waals surface area contributed by atoms with E-state index in [-0.39, 0.29) is 37.0 Å². The average molecular weight is 383 g/mol. The molecule has 0 unspecified atom stereocenters. The number of ketones is 1. The molecule has 2 amide bonds. The molecule has 2 rings (SSSR count). The van der Waals surface area contributed by atoms with Crippen LogP contribution in [0.4, 0.5) is 5.82 Å². The highest BCUT2D eigenvalue weighted by atomic mass is 16.5. The van der Waals surface area contributed by atoms with Gasteiger partial charge in [-0.05, 0) is 55.8 Å². The van der Waals surface area contributed by atoms with Gasteiger partial charge in [-0.15, -0.1) is 0 Å². The lowest BCUT2D eigenvalue weighted by Gasteiger charge is -2.16. The van der Waals surface area contributed by atoms with Gasteiger partial charge in [0.2, 0.25) is 11.8 Å². The molecule has 0 aliphatic carbocycles. The minimum absolute atomic E-state index is 0.0402. The number of rotatable bonds is 9. The van der Waals surface area contributed by atoms with Crippen LogP contribution in [0.1, 0.15) is 35.7 Å². The van der Waals surface area contributed by atoms with Crippen LogP contribution in [0, 0.1) is 6.92 Å². The van der Waals surface area contributed by atoms with Crippen LogP contribution in [0.5, 0.6) is 5.75 Å². The molecule has 1 N–H and O–H groups in total. The minimum Gasteiger partial charge on any atom is -0.494 e. The fourth-order valence-electron chi connectivity index (χ4n) is 2.55. The van der Waals surface area contributed by atoms with Gasteiger partial charge in [0.15, 0.2) is 5.78 Å². The molecule has 1 aromatic heterocycles. The molecule has 28 heavy (non-hydrogen) atoms. The largest absolute Gasteiger partial charge is 0.494 e. The number of nitrogens with zero attached hydrogens (tertiary/aromatic N) is 2. The molecule has 1 aromatic carbocycles. The molecule has 0 aliphatic rings. The summed E-state index contributed by atoms with van der Waals surface area (Å²) in [5, 5.41) is 2.65. The Morgan fingerprint density at radius 2 is 1.82 bits per heavy atom. The maximum Gasteiger partial charge on any atom is 0.245 e. The Morgan fingerprint density at radius 3 is 2.46 bits per heavy atom. The van der Waals surface area contributed by atoms with Crippen molar-refractivity contribution in [2.75, 3.05) is 25.5 Å². The van der Waals surface area contributed by atoms with E-state index in [0.29, 0.717) is 23.7 Å². The predicted octanol–water partition coefficient (Wildman–Crippen LogP) is 2.85. The van der Waals surface area contributed by atoms with Gasteiger partial charge in [-0.3, -0.25) is 14.4 Å². The van der Waals surface area contributed by atoms with Gasteiger partial charge in [0.1, 0.15) is 11.6 Å². The Hall–Kier alpha value is -3.22. The molecule has 1 heterocycles. The number of anilines is 1. The Labute approximate surface area is 164 Å². The summed E-state index contributed by atoms with van der Waals surface area (Å²) in [5.74, 6) is 0.400. The standard InChI is InChI=1S/C21H25N3O4/c1-4-28-17-7-5-16(6-8-17)18(25)9-10-21(27)24(3)14-20(26)23-19-13-15(2)11-12-22-19/h5-8,11-13H,4,9-10,14H2,1-3H3,(H,22,23,26). The van der Waals surface area contributed by atoms with Crippen LogP contribution in [0.15, 0.2) is 42.6 Å². The molecule has 0 spiro atoms. The first kappa shape index (κ1) is 21.1. The van der Waals surface area contributed by atoms with Crippen LogP contribution in [0.2, 0.25) is 0 Å². The van der Waals surface area contributed by atoms with Crippen molar-refractivity contribution in [3.8, 4) is 5.75 Å². The van der Waals surface area contributed by atoms with E-state index in [2.05, 4.69) is 10.3 Å². The lowest BCUT2D eigenvalue weighted by atomic mass is 10.1. The molecule has 0 radical (unpaired) electrons. The molecule has 2 aromatic rings. The van der Waals surface area contributed by atoms with Crippen molar-refractivity contribution in [2.45, 2.75) is 26.7 Å². The maximum atomic E-state index is 12.2. The monoisotopic (exact) mass is 383 g/mol. The number of carbonyl (C=O) groups is 3. The summed E-state index contributed by atoms with van der Waals surface area (Å²) < 4.78 is 5.34. The highest BCUT2D eigenvalue weighted by molar-refractivity contribution is 5.98. The maximum absolute atomic E-state index is 12.2. The summed E-state index contributed by atoms with van der Waals surface area (Å²) in [6, 6.07) is 10.4. The molecule has 0 fully saturated rings. The number of Topliss-reactive ketones (excluding diaryl/α,β-unsaturated/α-hetero) is 1. The lowest BCUT2D eigenvalue weighted by Crippen LogP contribution is -2.35. The highest BCUT2D eigenvalue weighted by Gasteiger charge is 2.16. The van der Waals surface area contributed by atoms with Crippen molar-refractivity contribution in [2.24, 2.45) is 0 Å². The molecule has 0 bridgehead atoms. The van der Waals surface area contributed by atoms with Crippen molar-refractivity contribution in [1.82, 2.24) is 9.88 Å². The number of hydrogen-bond acceptors (Lipinski definition) is 5. The fraction of sp³-hybridized carbons (Fsp3) is 0.333. The molecule has 0 saturated heterocycles. The van der Waals surface area contributed by atoms with Crippen LogP contribution in [-0.2, 0) is 9.59 Å². The molecular weight excluding hydrogens is 358 g/mol. The second-order valence-electron chi connectivity index (χ2n) is 6.40. The Bertz CT molecular complexity index is 834. The van der Waals surface area contributed by atoms with Crippen molar-refractivity contribution < 1.29 is 19.1 Å². The quantitative estimate of drug-likeness (QED) is 0.673. The van der Waals surface area contributed by atoms with Crippen molar-refractivity contribution in [1.29, 1.82) is 0 Å². The zero-order valence-corrected chi connectivity index (χ0v) is 16.4. The third kappa shape index (κ3) is 6.50. The summed E-state index contributed by atoms with van der Waals surface area (Å²) in [7, 11) is 1.53. The Kier molecular flexibility index (Phi) is 7.68. The Morgan fingerprint density at radius 1 is 1.11 bits per heavy atom. The van der Waals surface area contributed by atoms with Gasteiger partial charge >= 0.3 is 0 Å². The number of hydrogen-bond donors (Lipinski definition) is 1. The zero-order valence-electron chi connectivity index (χ0n) is 16.4. The molecule has 148 valence electrons. The minimum atomic E-state index is -0.341. The summed E-state index contributed by atoms with van der Waals surface area (Å²) in [6.45, 7) is 4.24. The number of carbonyl (C=O) groups excluding carboxylic acids is 3. The van der Waals surface area contributed by atoms with Crippen LogP contribution in [0.25, 0.3) is 0 Å². The third-order valence-electron chi connectivity index (χ3n) is 4.04. The van der Waals surface area contributed by atoms with Crippen molar-refractivity contribution in [3.05, 3.63) is 53.7 Å². The third-order valence-corrected chi connectivity index (χ3v) is 4.04. The number of aryl methyl sites for hydroxylation is 1. The van der Waals surface area contributed by atoms with E-state index in [9.17, 15) is 14.4 Å². The van der Waals surface area contributed by atoms with Gasteiger partial charge in [0.25, 0.3) is 0 Å². The van der Waals surface area contributed by atoms with E-state index in [1.165, 1.54) is 11.9 Å². The number of ether oxygens (including phenoxy) is 1. The van der Waals surface area contributed by atoms with Gasteiger partial charge in [-0.1, -0.05) is 0 Å². The number of benzene rings is 1. The van der Waals surface area contributed by atoms with Gasteiger partial charge in [-0.25, -0.2) is 4.98 Å². The number of amides is 2. The van der Waals surface area contributed by atoms with Crippen molar-refractivity contribution >= 4 is 23.4 Å². The highest BCUT2D eigenvalue weighted by Crippen LogP contribution is 2.14. The molecular formula is C21H25N3O4. The van der Waals surface area contributed by atoms with Crippen LogP contribution >= 0.6 is 0 Å². The Balaban J connectivity index is 1.79. The first-order valence-electron chi connectivity index (χ1n) is 9.11. The van der Waals surface area contributed by atoms with E-state index in [0.717, 1.165) is 5.56 Å². The summed E-state index contributed by atoms with van der Waals surface area (Å²) >= 11 is 0. The molecule has 0 atom stereocenters. The summed E-state index contributed by atoms with van der Waals surface area (Å²) in [6.07, 6.45) is 1.73. The number of likely N-dealkylation sites (N-methyl/N-ethyl adjacent to an activating group) is 1. The van der Waals surface area contributed by atoms with E-state index >= 15 is 0 Å². The SMILES string of the molecule is CCOc1ccc(C(=O)CCC(=O)N(C)CC(=O)Nc2cc(C)ccn2)cc1. The van der Waals surface area contributed by atoms with E-state index in [4.69, 9.17) is 4.74 Å². The van der Waals surface area contributed by atoms with Gasteiger partial charge in [-0.2, -0.15) is 0 Å². The predicted molar refractivity (Wildman–Crippen MR) is 106 cm³/mol. The number of pyridine rings is 1. The van der Waals surface area contributed by atoms with Gasteiger partial charge < -0.3 is 15.0 Å². The van der Waals surface area contributed by atoms with Crippen LogP contribution < -0.4 is 10.1 Å². The second kappa shape index (κ2) is 10.2. The first-order valence-corrected chi connectivity index (χ1v) is 9.11. The van der Waals surface area contributed by atoms with E-state index < -0.39 is 0 Å². The smallest absolute Gasteiger partial charge is 0.245 e. The van der Waals surface area contributed by atoms with Crippen molar-refractivity contribution in [3.63, 3.8) is 0 Å². The lowest BCUT2D eigenvalue weighted by molar-refractivity contribution is -0.133. The zero-order chi connectivity index (χ0) is 20.5. The van der Waals surface area contributed by atoms with Crippen LogP contribution in [-0.4, -0.2) is 47.7 Å². The van der Waals surface area contributed by atoms with E-state index in [1.54, 1.807) is 36.5 Å². The second-order valence-corrected chi connectivity index (χ2v) is 6.40. The van der Waals surface area contributed by atoms with Crippen LogP contribution in [0.3, 0.4) is 0 Å².